The van der Waals surface area contributed by atoms with E-state index in [4.69, 9.17) is 20.2 Å². The van der Waals surface area contributed by atoms with Gasteiger partial charge in [-0.3, -0.25) is 4.79 Å². The van der Waals surface area contributed by atoms with Gasteiger partial charge in [0, 0.05) is 29.1 Å². The van der Waals surface area contributed by atoms with Gasteiger partial charge in [0.05, 0.1) is 43.2 Å². The number of hydrogen-bond donors (Lipinski definition) is 1. The first-order valence-corrected chi connectivity index (χ1v) is 10.6. The molecule has 1 aliphatic heterocycles. The van der Waals surface area contributed by atoms with Crippen LogP contribution in [0.1, 0.15) is 21.6 Å². The maximum absolute atomic E-state index is 14.8. The van der Waals surface area contributed by atoms with Gasteiger partial charge in [-0.25, -0.2) is 13.8 Å². The van der Waals surface area contributed by atoms with Gasteiger partial charge in [0.1, 0.15) is 11.6 Å². The molecule has 1 amide bonds. The summed E-state index contributed by atoms with van der Waals surface area (Å²) in [5.41, 5.74) is 9.31. The van der Waals surface area contributed by atoms with Crippen molar-refractivity contribution in [2.45, 2.75) is 13.1 Å². The minimum absolute atomic E-state index is 0.0372. The summed E-state index contributed by atoms with van der Waals surface area (Å²) >= 11 is 0. The summed E-state index contributed by atoms with van der Waals surface area (Å²) in [6, 6.07) is 14.6. The molecule has 5 rings (SSSR count). The largest absolute Gasteiger partial charge is 0.497 e. The molecule has 1 aromatic heterocycles. The molecule has 0 atom stereocenters. The summed E-state index contributed by atoms with van der Waals surface area (Å²) < 4.78 is 39.3. The maximum Gasteiger partial charge on any atom is 0.258 e. The molecular formula is C26H21F2N3O3. The second kappa shape index (κ2) is 8.30. The highest BCUT2D eigenvalue weighted by molar-refractivity contribution is 6.11. The minimum Gasteiger partial charge on any atom is -0.497 e. The van der Waals surface area contributed by atoms with Crippen LogP contribution in [0.3, 0.4) is 0 Å². The summed E-state index contributed by atoms with van der Waals surface area (Å²) in [4.78, 5) is 19.5. The van der Waals surface area contributed by atoms with Crippen LogP contribution >= 0.6 is 0 Å². The van der Waals surface area contributed by atoms with E-state index in [9.17, 15) is 13.6 Å². The van der Waals surface area contributed by atoms with Crippen molar-refractivity contribution >= 4 is 22.5 Å². The van der Waals surface area contributed by atoms with E-state index in [-0.39, 0.29) is 29.5 Å². The van der Waals surface area contributed by atoms with Crippen LogP contribution in [0.4, 0.5) is 14.5 Å². The molecule has 0 bridgehead atoms. The number of carbonyl (C=O) groups is 1. The van der Waals surface area contributed by atoms with Crippen molar-refractivity contribution in [3.05, 3.63) is 83.1 Å². The van der Waals surface area contributed by atoms with Gasteiger partial charge in [-0.2, -0.15) is 0 Å². The summed E-state index contributed by atoms with van der Waals surface area (Å²) in [5.74, 6) is -1.01. The Bertz CT molecular complexity index is 1440. The van der Waals surface area contributed by atoms with Crippen LogP contribution in [0.5, 0.6) is 11.5 Å². The predicted molar refractivity (Wildman–Crippen MR) is 125 cm³/mol. The third-order valence-corrected chi connectivity index (χ3v) is 6.04. The number of fused-ring (bicyclic) bond motifs is 2. The van der Waals surface area contributed by atoms with E-state index in [2.05, 4.69) is 0 Å². The van der Waals surface area contributed by atoms with Crippen LogP contribution in [0.15, 0.2) is 54.6 Å². The van der Waals surface area contributed by atoms with E-state index < -0.39 is 11.6 Å². The molecule has 0 saturated carbocycles. The Labute approximate surface area is 194 Å². The van der Waals surface area contributed by atoms with Gasteiger partial charge < -0.3 is 20.1 Å². The third kappa shape index (κ3) is 3.48. The highest BCUT2D eigenvalue weighted by atomic mass is 19.1. The summed E-state index contributed by atoms with van der Waals surface area (Å²) in [5, 5.41) is 0.506. The van der Waals surface area contributed by atoms with Crippen LogP contribution in [0.2, 0.25) is 0 Å². The molecule has 4 aromatic rings. The number of para-hydroxylation sites is 1. The standard InChI is InChI=1S/C26H21F2N3O3/c1-33-15-8-6-14(7-9-15)12-31-13-21-23(26(31)32)24(29)17-5-3-4-16(25(17)30-21)18-10-20(28)22(34-2)11-19(18)27/h3-11H,12-13H2,1-2H3,(H2,29,30). The number of aromatic nitrogens is 1. The quantitative estimate of drug-likeness (QED) is 0.456. The number of methoxy groups -OCH3 is 2. The summed E-state index contributed by atoms with van der Waals surface area (Å²) in [7, 11) is 2.87. The number of carbonyl (C=O) groups excluding carboxylic acids is 1. The normalized spacial score (nSPS) is 12.8. The lowest BCUT2D eigenvalue weighted by Crippen LogP contribution is -2.23. The van der Waals surface area contributed by atoms with E-state index in [1.807, 2.05) is 24.3 Å². The molecule has 172 valence electrons. The zero-order chi connectivity index (χ0) is 24.0. The molecule has 0 unspecified atom stereocenters. The van der Waals surface area contributed by atoms with Gasteiger partial charge in [0.15, 0.2) is 11.6 Å². The van der Waals surface area contributed by atoms with E-state index in [1.165, 1.54) is 7.11 Å². The number of ether oxygens (including phenoxy) is 2. The van der Waals surface area contributed by atoms with Crippen molar-refractivity contribution in [2.75, 3.05) is 20.0 Å². The fourth-order valence-corrected chi connectivity index (χ4v) is 4.31. The lowest BCUT2D eigenvalue weighted by atomic mass is 9.98. The molecule has 0 aliphatic carbocycles. The molecule has 0 spiro atoms. The molecule has 34 heavy (non-hydrogen) atoms. The Hall–Kier alpha value is -4.20. The number of nitrogen functional groups attached to an aromatic ring is 1. The number of halogens is 2. The van der Waals surface area contributed by atoms with Gasteiger partial charge in [0.2, 0.25) is 0 Å². The topological polar surface area (TPSA) is 77.7 Å². The van der Waals surface area contributed by atoms with E-state index in [0.29, 0.717) is 34.3 Å². The van der Waals surface area contributed by atoms with E-state index in [0.717, 1.165) is 23.4 Å². The lowest BCUT2D eigenvalue weighted by Gasteiger charge is -2.15. The summed E-state index contributed by atoms with van der Waals surface area (Å²) in [6.45, 7) is 0.633. The smallest absolute Gasteiger partial charge is 0.258 e. The van der Waals surface area contributed by atoms with Crippen LogP contribution in [0.25, 0.3) is 22.0 Å². The number of benzene rings is 3. The fraction of sp³-hybridized carbons (Fsp3) is 0.154. The van der Waals surface area contributed by atoms with Crippen LogP contribution < -0.4 is 15.2 Å². The number of anilines is 1. The first-order valence-electron chi connectivity index (χ1n) is 10.6. The number of amides is 1. The van der Waals surface area contributed by atoms with Gasteiger partial charge in [-0.1, -0.05) is 30.3 Å². The Morgan fingerprint density at radius 1 is 1.00 bits per heavy atom. The van der Waals surface area contributed by atoms with Gasteiger partial charge in [-0.05, 0) is 23.8 Å². The van der Waals surface area contributed by atoms with Crippen molar-refractivity contribution in [3.63, 3.8) is 0 Å². The Morgan fingerprint density at radius 3 is 2.47 bits per heavy atom. The molecule has 6 nitrogen and oxygen atoms in total. The molecule has 1 aliphatic rings. The van der Waals surface area contributed by atoms with Crippen molar-refractivity contribution in [1.29, 1.82) is 0 Å². The van der Waals surface area contributed by atoms with Crippen LogP contribution in [-0.2, 0) is 13.1 Å². The number of hydrogen-bond acceptors (Lipinski definition) is 5. The Kier molecular flexibility index (Phi) is 5.28. The molecule has 0 fully saturated rings. The predicted octanol–water partition coefficient (Wildman–Crippen LogP) is 4.94. The van der Waals surface area contributed by atoms with E-state index in [1.54, 1.807) is 30.2 Å². The average Bonchev–Trinajstić information content (AvgIpc) is 3.15. The highest BCUT2D eigenvalue weighted by Crippen LogP contribution is 2.38. The maximum atomic E-state index is 14.8. The van der Waals surface area contributed by atoms with Gasteiger partial charge in [-0.15, -0.1) is 0 Å². The first-order chi connectivity index (χ1) is 16.4. The fourth-order valence-electron chi connectivity index (χ4n) is 4.31. The molecule has 0 radical (unpaired) electrons. The number of rotatable bonds is 5. The van der Waals surface area contributed by atoms with Crippen LogP contribution in [0, 0.1) is 11.6 Å². The second-order valence-electron chi connectivity index (χ2n) is 8.02. The van der Waals surface area contributed by atoms with Gasteiger partial charge >= 0.3 is 0 Å². The molecule has 2 N–H and O–H groups in total. The zero-order valence-electron chi connectivity index (χ0n) is 18.6. The Balaban J connectivity index is 1.57. The van der Waals surface area contributed by atoms with Gasteiger partial charge in [0.25, 0.3) is 5.91 Å². The third-order valence-electron chi connectivity index (χ3n) is 6.04. The number of nitrogens with zero attached hydrogens (tertiary/aromatic N) is 2. The SMILES string of the molecule is COc1ccc(CN2Cc3nc4c(-c5cc(F)c(OC)cc5F)cccc4c(N)c3C2=O)cc1. The monoisotopic (exact) mass is 461 g/mol. The molecule has 3 aromatic carbocycles. The zero-order valence-corrected chi connectivity index (χ0v) is 18.6. The van der Waals surface area contributed by atoms with Crippen molar-refractivity contribution in [1.82, 2.24) is 9.88 Å². The highest BCUT2D eigenvalue weighted by Gasteiger charge is 2.32. The summed E-state index contributed by atoms with van der Waals surface area (Å²) in [6.07, 6.45) is 0. The number of pyridine rings is 1. The van der Waals surface area contributed by atoms with Crippen molar-refractivity contribution in [3.8, 4) is 22.6 Å². The number of nitrogens with two attached hydrogens (primary N) is 1. The Morgan fingerprint density at radius 2 is 1.76 bits per heavy atom. The van der Waals surface area contributed by atoms with Crippen LogP contribution in [-0.4, -0.2) is 30.0 Å². The minimum atomic E-state index is -0.689. The molecular weight excluding hydrogens is 440 g/mol. The average molecular weight is 461 g/mol. The van der Waals surface area contributed by atoms with Crippen molar-refractivity contribution < 1.29 is 23.0 Å². The second-order valence-corrected chi connectivity index (χ2v) is 8.02. The molecule has 8 heteroatoms. The molecule has 2 heterocycles. The first kappa shape index (κ1) is 21.6. The van der Waals surface area contributed by atoms with E-state index >= 15 is 0 Å². The lowest BCUT2D eigenvalue weighted by molar-refractivity contribution is 0.0767. The van der Waals surface area contributed by atoms with Crippen molar-refractivity contribution in [2.24, 2.45) is 0 Å². The molecule has 0 saturated heterocycles.